The number of Topliss-reactive ketones (excluding diaryl/α,β-unsaturated/α-hetero) is 2. The third-order valence-electron chi connectivity index (χ3n) is 15.1. The average molecular weight is 1060 g/mol. The molecule has 1 aromatic carbocycles. The number of hydrogen-bond acceptors (Lipinski definition) is 16. The highest BCUT2D eigenvalue weighted by Crippen LogP contribution is 2.50. The maximum absolute atomic E-state index is 14.8. The molecule has 7 aliphatic rings. The molecule has 2 unspecified atom stereocenters. The van der Waals surface area contributed by atoms with E-state index in [1.807, 2.05) is 0 Å². The van der Waals surface area contributed by atoms with Crippen LogP contribution in [0.1, 0.15) is 124 Å². The summed E-state index contributed by atoms with van der Waals surface area (Å²) in [5.74, 6) is -6.70. The van der Waals surface area contributed by atoms with E-state index in [9.17, 15) is 52.5 Å². The summed E-state index contributed by atoms with van der Waals surface area (Å²) < 4.78 is 58.4. The van der Waals surface area contributed by atoms with Gasteiger partial charge >= 0.3 is 17.9 Å². The minimum absolute atomic E-state index is 0.00505. The van der Waals surface area contributed by atoms with Gasteiger partial charge in [-0.25, -0.2) is 4.98 Å². The number of phenols is 1. The van der Waals surface area contributed by atoms with E-state index in [2.05, 4.69) is 34.4 Å². The van der Waals surface area contributed by atoms with Crippen molar-refractivity contribution >= 4 is 40.9 Å². The number of rotatable bonds is 6. The van der Waals surface area contributed by atoms with Gasteiger partial charge in [-0.2, -0.15) is 13.2 Å². The molecule has 18 nitrogen and oxygen atoms in total. The van der Waals surface area contributed by atoms with Gasteiger partial charge in [-0.3, -0.25) is 29.0 Å². The number of benzene rings is 1. The van der Waals surface area contributed by atoms with Gasteiger partial charge < -0.3 is 54.9 Å². The summed E-state index contributed by atoms with van der Waals surface area (Å²) in [6.07, 6.45) is 0.568. The zero-order valence-corrected chi connectivity index (χ0v) is 44.0. The molecule has 6 atom stereocenters. The molecule has 1 aromatic heterocycles. The van der Waals surface area contributed by atoms with E-state index in [1.54, 1.807) is 43.9 Å². The number of nitrogens with zero attached hydrogens (tertiary/aromatic N) is 5. The number of aliphatic hydroxyl groups is 2. The van der Waals surface area contributed by atoms with Crippen molar-refractivity contribution in [2.75, 3.05) is 50.7 Å². The van der Waals surface area contributed by atoms with Crippen molar-refractivity contribution < 1.29 is 66.7 Å². The first kappa shape index (κ1) is 55.6. The lowest BCUT2D eigenvalue weighted by Crippen LogP contribution is -2.50. The van der Waals surface area contributed by atoms with Crippen LogP contribution < -0.4 is 20.3 Å². The van der Waals surface area contributed by atoms with E-state index in [4.69, 9.17) is 19.2 Å². The number of aliphatic imine (C=N–C) groups is 1. The third-order valence-corrected chi connectivity index (χ3v) is 15.1. The number of likely N-dealkylation sites (tertiary alicyclic amines) is 1. The lowest BCUT2D eigenvalue weighted by molar-refractivity contribution is -0.155. The lowest BCUT2D eigenvalue weighted by Gasteiger charge is -2.38. The normalized spacial score (nSPS) is 28.1. The van der Waals surface area contributed by atoms with Crippen molar-refractivity contribution in [3.05, 3.63) is 93.7 Å². The Hall–Kier alpha value is -6.58. The molecule has 9 rings (SSSR count). The number of hydrogen-bond donors (Lipinski definition) is 5. The highest BCUT2D eigenvalue weighted by Gasteiger charge is 2.54. The Morgan fingerprint density at radius 1 is 0.987 bits per heavy atom. The molecule has 2 amide bonds. The Balaban J connectivity index is 1.05. The molecular formula is C55H68F3N7O11. The zero-order valence-electron chi connectivity index (χ0n) is 44.0. The zero-order chi connectivity index (χ0) is 55.0. The third kappa shape index (κ3) is 11.6. The number of carbonyl (C=O) groups is 5. The number of aliphatic hydroxyl groups excluding tert-OH is 2. The van der Waals surface area contributed by atoms with Crippen molar-refractivity contribution in [3.63, 3.8) is 0 Å². The number of amides is 2. The number of ketones is 2. The van der Waals surface area contributed by atoms with Crippen LogP contribution in [-0.2, 0) is 30.0 Å². The largest absolute Gasteiger partial charge is 0.507 e. The Morgan fingerprint density at radius 3 is 2.43 bits per heavy atom. The van der Waals surface area contributed by atoms with Crippen molar-refractivity contribution in [1.29, 1.82) is 0 Å². The number of ether oxygens (including phenoxy) is 3. The number of aromatic hydroxyl groups is 1. The summed E-state index contributed by atoms with van der Waals surface area (Å²) in [7, 11) is 0. The monoisotopic (exact) mass is 1060 g/mol. The minimum atomic E-state index is -4.63. The van der Waals surface area contributed by atoms with Gasteiger partial charge in [0.2, 0.25) is 11.7 Å². The van der Waals surface area contributed by atoms with Crippen LogP contribution in [0.2, 0.25) is 0 Å². The molecule has 2 saturated heterocycles. The van der Waals surface area contributed by atoms with Crippen LogP contribution in [0.25, 0.3) is 0 Å². The first-order valence-electron chi connectivity index (χ1n) is 26.1. The number of anilines is 1. The number of esters is 1. The van der Waals surface area contributed by atoms with Crippen LogP contribution in [0.5, 0.6) is 11.5 Å². The Morgan fingerprint density at radius 2 is 1.72 bits per heavy atom. The van der Waals surface area contributed by atoms with Gasteiger partial charge in [0.25, 0.3) is 11.7 Å². The molecule has 2 aromatic rings. The van der Waals surface area contributed by atoms with Crippen molar-refractivity contribution in [3.8, 4) is 11.5 Å². The van der Waals surface area contributed by atoms with Gasteiger partial charge in [0.1, 0.15) is 46.9 Å². The van der Waals surface area contributed by atoms with Crippen molar-refractivity contribution in [1.82, 2.24) is 25.4 Å². The number of allylic oxidation sites excluding steroid dienone is 5. The second kappa shape index (κ2) is 22.2. The van der Waals surface area contributed by atoms with Crippen LogP contribution in [0, 0.1) is 24.7 Å². The van der Waals surface area contributed by atoms with E-state index in [1.165, 1.54) is 43.2 Å². The van der Waals surface area contributed by atoms with E-state index in [0.29, 0.717) is 44.8 Å². The van der Waals surface area contributed by atoms with Crippen molar-refractivity contribution in [2.45, 2.75) is 129 Å². The first-order valence-corrected chi connectivity index (χ1v) is 26.1. The first-order chi connectivity index (χ1) is 35.9. The highest BCUT2D eigenvalue weighted by molar-refractivity contribution is 6.34. The molecule has 2 fully saturated rings. The molecular weight excluding hydrogens is 992 g/mol. The molecule has 5 bridgehead atoms. The number of phenolic OH excluding ortho intramolecular Hbond substituents is 1. The van der Waals surface area contributed by atoms with Crippen LogP contribution in [0.4, 0.5) is 19.0 Å². The van der Waals surface area contributed by atoms with Crippen LogP contribution in [-0.4, -0.2) is 141 Å². The lowest BCUT2D eigenvalue weighted by atomic mass is 9.82. The van der Waals surface area contributed by atoms with Gasteiger partial charge in [-0.05, 0) is 57.2 Å². The maximum atomic E-state index is 14.8. The summed E-state index contributed by atoms with van der Waals surface area (Å²) >= 11 is 0. The Bertz CT molecular complexity index is 2800. The minimum Gasteiger partial charge on any atom is -0.507 e. The van der Waals surface area contributed by atoms with Crippen LogP contribution in [0.3, 0.4) is 0 Å². The second-order valence-electron chi connectivity index (χ2n) is 21.4. The van der Waals surface area contributed by atoms with E-state index in [0.717, 1.165) is 12.6 Å². The number of nitrogens with one attached hydrogen (secondary N) is 2. The summed E-state index contributed by atoms with van der Waals surface area (Å²) in [6, 6.07) is 3.63. The van der Waals surface area contributed by atoms with E-state index >= 15 is 0 Å². The molecule has 6 aliphatic heterocycles. The fourth-order valence-corrected chi connectivity index (χ4v) is 10.7. The Kier molecular flexibility index (Phi) is 16.2. The molecule has 7 heterocycles. The van der Waals surface area contributed by atoms with Gasteiger partial charge in [-0.1, -0.05) is 52.0 Å². The molecule has 1 spiro atoms. The quantitative estimate of drug-likeness (QED) is 0.164. The number of alkyl halides is 3. The number of carbonyl (C=O) groups excluding carboxylic acids is 5. The predicted octanol–water partition coefficient (Wildman–Crippen LogP) is 6.02. The molecule has 5 N–H and O–H groups in total. The molecule has 21 heteroatoms. The summed E-state index contributed by atoms with van der Waals surface area (Å²) in [5.41, 5.74) is -1.54. The van der Waals surface area contributed by atoms with Gasteiger partial charge in [0.15, 0.2) is 0 Å². The fraction of sp³-hybridized carbons (Fsp3) is 0.545. The second-order valence-corrected chi connectivity index (χ2v) is 21.4. The standard InChI is InChI=1S/C55H68F3N7O11/c1-30(2)29-63-22-18-54(19-23-63)61-44-41-42-48(70)34(6)50-43(41)51(72)53(7,76-50)74-26-9-8-15-35(27-36(66)33(5)47(69)31(3)13-10-14-32(4)52(73)60-46(49(42)71)45(44)62-54)75-40(68)28-39(67)65-21-12-20-64(24-25-65)38-17-11-16-37(59-38)55(56,57)58/h9-11,13-14,16-17,26,30-31,33,35-36,47,62,66,69-70H,8,12,15,18-25,27-29H2,1-7H3,(H,60,73)/b13-10+,26-9+,32-14-/t31?,33-,35+,36?,47-,53-/m0/s1. The van der Waals surface area contributed by atoms with Gasteiger partial charge in [0.05, 0.1) is 41.0 Å². The average Bonchev–Trinajstić information content (AvgIpc) is 3.77. The van der Waals surface area contributed by atoms with Crippen LogP contribution >= 0.6 is 0 Å². The maximum Gasteiger partial charge on any atom is 0.433 e. The fourth-order valence-electron chi connectivity index (χ4n) is 10.7. The smallest absolute Gasteiger partial charge is 0.433 e. The molecule has 0 radical (unpaired) electrons. The summed E-state index contributed by atoms with van der Waals surface area (Å²) in [6.45, 7) is 15.2. The molecule has 1 aliphatic carbocycles. The molecule has 76 heavy (non-hydrogen) atoms. The number of fused-ring (bicyclic) bond motifs is 13. The predicted molar refractivity (Wildman–Crippen MR) is 273 cm³/mol. The van der Waals surface area contributed by atoms with Gasteiger partial charge in [-0.15, -0.1) is 0 Å². The van der Waals surface area contributed by atoms with Gasteiger partial charge in [0, 0.05) is 101 Å². The Labute approximate surface area is 439 Å². The van der Waals surface area contributed by atoms with E-state index < -0.39 is 95.0 Å². The number of aromatic nitrogens is 1. The molecule has 0 saturated carbocycles. The topological polar surface area (TPSA) is 233 Å². The van der Waals surface area contributed by atoms with E-state index in [-0.39, 0.29) is 95.4 Å². The molecule has 410 valence electrons. The highest BCUT2D eigenvalue weighted by atomic mass is 19.4. The SMILES string of the molecule is C/C1=C/C=C/C(C)[C@H](O)[C@@H](C)C(O)C[C@H](OC(=O)CC(=O)N2CCCN(c3cccc(C(F)(F)F)n3)CC2)CC/C=C/O[C@@]2(C)Oc3c(C)c(O)c4c(c3C2=O)C2=NC3(CCN(CC(C)C)CC3)NC2=C(NC1=O)C4=O. The summed E-state index contributed by atoms with van der Waals surface area (Å²) in [5, 5.41) is 41.1. The number of pyridine rings is 1. The van der Waals surface area contributed by atoms with Crippen molar-refractivity contribution in [2.24, 2.45) is 22.7 Å². The van der Waals surface area contributed by atoms with Crippen LogP contribution in [0.15, 0.2) is 70.7 Å². The summed E-state index contributed by atoms with van der Waals surface area (Å²) in [4.78, 5) is 85.0. The number of halogens is 3. The number of piperidine rings is 1.